The number of hydrogen-bond donors (Lipinski definition) is 3. The van der Waals surface area contributed by atoms with E-state index >= 15 is 0 Å². The maximum Gasteiger partial charge on any atom is 0.249 e. The van der Waals surface area contributed by atoms with Crippen molar-refractivity contribution in [2.45, 2.75) is 58.5 Å². The maximum atomic E-state index is 12.5. The van der Waals surface area contributed by atoms with Gasteiger partial charge in [0.25, 0.3) is 0 Å². The lowest BCUT2D eigenvalue weighted by Gasteiger charge is -2.46. The van der Waals surface area contributed by atoms with E-state index in [1.54, 1.807) is 0 Å². The van der Waals surface area contributed by atoms with Gasteiger partial charge in [-0.15, -0.1) is 0 Å². The largest absolute Gasteiger partial charge is 0.344 e. The van der Waals surface area contributed by atoms with Crippen molar-refractivity contribution < 1.29 is 14.4 Å². The average Bonchev–Trinajstić information content (AvgIpc) is 2.39. The summed E-state index contributed by atoms with van der Waals surface area (Å²) in [5, 5.41) is 5.07. The van der Waals surface area contributed by atoms with Crippen LogP contribution in [0.1, 0.15) is 46.5 Å². The number of nitrogens with two attached hydrogens (primary N) is 1. The molecule has 4 N–H and O–H groups in total. The van der Waals surface area contributed by atoms with E-state index in [1.165, 1.54) is 0 Å². The van der Waals surface area contributed by atoms with Crippen LogP contribution in [0.15, 0.2) is 0 Å². The summed E-state index contributed by atoms with van der Waals surface area (Å²) >= 11 is 0. The van der Waals surface area contributed by atoms with E-state index in [2.05, 4.69) is 31.4 Å². The topological polar surface area (TPSA) is 101 Å². The third kappa shape index (κ3) is 3.10. The van der Waals surface area contributed by atoms with E-state index in [1.807, 2.05) is 0 Å². The molecular weight excluding hydrogens is 270 g/mol. The number of imide groups is 1. The summed E-state index contributed by atoms with van der Waals surface area (Å²) in [4.78, 5) is 35.4. The van der Waals surface area contributed by atoms with Crippen LogP contribution in [0.25, 0.3) is 0 Å². The van der Waals surface area contributed by atoms with Gasteiger partial charge in [-0.25, -0.2) is 0 Å². The molecule has 1 aliphatic heterocycles. The smallest absolute Gasteiger partial charge is 0.249 e. The lowest BCUT2D eigenvalue weighted by molar-refractivity contribution is -0.140. The Hall–Kier alpha value is -1.43. The van der Waals surface area contributed by atoms with Gasteiger partial charge in [-0.3, -0.25) is 19.7 Å². The summed E-state index contributed by atoms with van der Waals surface area (Å²) in [6.45, 7) is 6.20. The third-order valence-corrected chi connectivity index (χ3v) is 5.37. The SMILES string of the molecule is CC1C(N)CCC(C(=O)NC2CCC(=O)NC2=O)C1(C)C. The summed E-state index contributed by atoms with van der Waals surface area (Å²) in [5.41, 5.74) is 5.90. The minimum absolute atomic E-state index is 0.103. The Morgan fingerprint density at radius 2 is 1.95 bits per heavy atom. The maximum absolute atomic E-state index is 12.5. The molecule has 1 aliphatic carbocycles. The zero-order chi connectivity index (χ0) is 15.8. The van der Waals surface area contributed by atoms with Crippen LogP contribution in [0.2, 0.25) is 0 Å². The molecule has 6 heteroatoms. The second-order valence-corrected chi connectivity index (χ2v) is 6.92. The summed E-state index contributed by atoms with van der Waals surface area (Å²) in [7, 11) is 0. The van der Waals surface area contributed by atoms with Gasteiger partial charge in [-0.2, -0.15) is 0 Å². The molecule has 0 aromatic carbocycles. The molecule has 0 bridgehead atoms. The van der Waals surface area contributed by atoms with E-state index in [0.29, 0.717) is 6.42 Å². The number of carbonyl (C=O) groups excluding carboxylic acids is 3. The summed E-state index contributed by atoms with van der Waals surface area (Å²) < 4.78 is 0. The molecule has 118 valence electrons. The van der Waals surface area contributed by atoms with Crippen molar-refractivity contribution in [3.05, 3.63) is 0 Å². The number of nitrogens with one attached hydrogen (secondary N) is 2. The molecule has 2 rings (SSSR count). The van der Waals surface area contributed by atoms with Crippen LogP contribution in [-0.4, -0.2) is 29.8 Å². The fraction of sp³-hybridized carbons (Fsp3) is 0.800. The number of amides is 3. The Morgan fingerprint density at radius 1 is 1.29 bits per heavy atom. The summed E-state index contributed by atoms with van der Waals surface area (Å²) in [6.07, 6.45) is 2.19. The van der Waals surface area contributed by atoms with Crippen LogP contribution in [0.4, 0.5) is 0 Å². The van der Waals surface area contributed by atoms with Crippen LogP contribution in [0.3, 0.4) is 0 Å². The Kier molecular flexibility index (Phi) is 4.37. The average molecular weight is 295 g/mol. The van der Waals surface area contributed by atoms with Gasteiger partial charge in [0.05, 0.1) is 0 Å². The zero-order valence-electron chi connectivity index (χ0n) is 12.9. The van der Waals surface area contributed by atoms with Crippen LogP contribution in [0, 0.1) is 17.3 Å². The third-order valence-electron chi connectivity index (χ3n) is 5.37. The van der Waals surface area contributed by atoms with E-state index < -0.39 is 11.9 Å². The van der Waals surface area contributed by atoms with Crippen molar-refractivity contribution in [2.75, 3.05) is 0 Å². The van der Waals surface area contributed by atoms with Gasteiger partial charge >= 0.3 is 0 Å². The minimum Gasteiger partial charge on any atom is -0.344 e. The number of rotatable bonds is 2. The summed E-state index contributed by atoms with van der Waals surface area (Å²) in [5.74, 6) is -0.698. The number of carbonyl (C=O) groups is 3. The fourth-order valence-electron chi connectivity index (χ4n) is 3.42. The molecule has 3 amide bonds. The fourth-order valence-corrected chi connectivity index (χ4v) is 3.42. The van der Waals surface area contributed by atoms with E-state index in [4.69, 9.17) is 5.73 Å². The Morgan fingerprint density at radius 3 is 2.57 bits per heavy atom. The molecule has 4 unspecified atom stereocenters. The first kappa shape index (κ1) is 15.9. The Balaban J connectivity index is 2.03. The van der Waals surface area contributed by atoms with Crippen LogP contribution < -0.4 is 16.4 Å². The van der Waals surface area contributed by atoms with Crippen molar-refractivity contribution in [1.29, 1.82) is 0 Å². The molecule has 1 saturated carbocycles. The highest BCUT2D eigenvalue weighted by Crippen LogP contribution is 2.44. The highest BCUT2D eigenvalue weighted by molar-refractivity contribution is 6.01. The molecule has 0 spiro atoms. The van der Waals surface area contributed by atoms with Crippen molar-refractivity contribution in [3.63, 3.8) is 0 Å². The molecule has 2 fully saturated rings. The van der Waals surface area contributed by atoms with Gasteiger partial charge in [0.15, 0.2) is 0 Å². The van der Waals surface area contributed by atoms with Crippen LogP contribution >= 0.6 is 0 Å². The monoisotopic (exact) mass is 295 g/mol. The highest BCUT2D eigenvalue weighted by Gasteiger charge is 2.45. The lowest BCUT2D eigenvalue weighted by Crippen LogP contribution is -2.57. The van der Waals surface area contributed by atoms with Gasteiger partial charge < -0.3 is 11.1 Å². The summed E-state index contributed by atoms with van der Waals surface area (Å²) in [6, 6.07) is -0.489. The molecule has 0 aromatic heterocycles. The van der Waals surface area contributed by atoms with Gasteiger partial charge in [0.2, 0.25) is 17.7 Å². The molecular formula is C15H25N3O3. The van der Waals surface area contributed by atoms with Crippen molar-refractivity contribution >= 4 is 17.7 Å². The Labute approximate surface area is 125 Å². The van der Waals surface area contributed by atoms with E-state index in [9.17, 15) is 14.4 Å². The molecule has 21 heavy (non-hydrogen) atoms. The van der Waals surface area contributed by atoms with Crippen molar-refractivity contribution in [3.8, 4) is 0 Å². The quantitative estimate of drug-likeness (QED) is 0.638. The van der Waals surface area contributed by atoms with Crippen molar-refractivity contribution in [2.24, 2.45) is 23.0 Å². The van der Waals surface area contributed by atoms with Gasteiger partial charge in [0.1, 0.15) is 6.04 Å². The standard InChI is InChI=1S/C15H25N3O3/c1-8-10(16)5-4-9(15(8,2)3)13(20)17-11-6-7-12(19)18-14(11)21/h8-11H,4-7,16H2,1-3H3,(H,17,20)(H,18,19,21). The predicted molar refractivity (Wildman–Crippen MR) is 78.0 cm³/mol. The highest BCUT2D eigenvalue weighted by atomic mass is 16.2. The normalized spacial score (nSPS) is 36.0. The first-order valence-corrected chi connectivity index (χ1v) is 7.63. The van der Waals surface area contributed by atoms with E-state index in [0.717, 1.165) is 12.8 Å². The predicted octanol–water partition coefficient (Wildman–Crippen LogP) is 0.307. The first-order valence-electron chi connectivity index (χ1n) is 7.63. The Bertz CT molecular complexity index is 461. The second-order valence-electron chi connectivity index (χ2n) is 6.92. The van der Waals surface area contributed by atoms with E-state index in [-0.39, 0.29) is 41.5 Å². The van der Waals surface area contributed by atoms with Gasteiger partial charge in [0, 0.05) is 18.4 Å². The molecule has 4 atom stereocenters. The molecule has 0 radical (unpaired) electrons. The van der Waals surface area contributed by atoms with Crippen LogP contribution in [0.5, 0.6) is 0 Å². The zero-order valence-corrected chi connectivity index (χ0v) is 12.9. The molecule has 1 saturated heterocycles. The van der Waals surface area contributed by atoms with Gasteiger partial charge in [-0.05, 0) is 30.6 Å². The number of hydrogen-bond acceptors (Lipinski definition) is 4. The van der Waals surface area contributed by atoms with Crippen LogP contribution in [-0.2, 0) is 14.4 Å². The minimum atomic E-state index is -0.600. The van der Waals surface area contributed by atoms with Gasteiger partial charge in [-0.1, -0.05) is 20.8 Å². The molecule has 1 heterocycles. The first-order chi connectivity index (χ1) is 9.73. The molecule has 6 nitrogen and oxygen atoms in total. The second kappa shape index (κ2) is 5.75. The van der Waals surface area contributed by atoms with Crippen molar-refractivity contribution in [1.82, 2.24) is 10.6 Å². The molecule has 2 aliphatic rings. The molecule has 0 aromatic rings. The number of piperidine rings is 1. The lowest BCUT2D eigenvalue weighted by atomic mass is 9.61.